The highest BCUT2D eigenvalue weighted by Gasteiger charge is 2.14. The highest BCUT2D eigenvalue weighted by Crippen LogP contribution is 2.13. The van der Waals surface area contributed by atoms with E-state index in [9.17, 15) is 8.42 Å². The zero-order chi connectivity index (χ0) is 16.3. The molecular formula is C15H24O6S. The molecule has 0 radical (unpaired) electrons. The molecule has 126 valence electrons. The van der Waals surface area contributed by atoms with Crippen molar-refractivity contribution < 1.29 is 26.8 Å². The predicted molar refractivity (Wildman–Crippen MR) is 82.5 cm³/mol. The largest absolute Gasteiger partial charge is 0.382 e. The van der Waals surface area contributed by atoms with Crippen LogP contribution in [0.5, 0.6) is 0 Å². The fraction of sp³-hybridized carbons (Fsp3) is 0.600. The van der Waals surface area contributed by atoms with Gasteiger partial charge in [-0.2, -0.15) is 8.42 Å². The van der Waals surface area contributed by atoms with E-state index in [0.29, 0.717) is 26.4 Å². The van der Waals surface area contributed by atoms with Crippen molar-refractivity contribution in [3.63, 3.8) is 0 Å². The van der Waals surface area contributed by atoms with Crippen LogP contribution in [0.4, 0.5) is 0 Å². The first-order valence-electron chi connectivity index (χ1n) is 7.23. The molecule has 0 spiro atoms. The van der Waals surface area contributed by atoms with Crippen LogP contribution in [0.25, 0.3) is 0 Å². The molecule has 0 aliphatic rings. The maximum absolute atomic E-state index is 11.9. The van der Waals surface area contributed by atoms with E-state index in [2.05, 4.69) is 0 Å². The average molecular weight is 332 g/mol. The molecule has 0 aliphatic carbocycles. The topological polar surface area (TPSA) is 71.1 Å². The monoisotopic (exact) mass is 332 g/mol. The van der Waals surface area contributed by atoms with Crippen molar-refractivity contribution >= 4 is 10.1 Å². The van der Waals surface area contributed by atoms with Gasteiger partial charge in [0.2, 0.25) is 0 Å². The van der Waals surface area contributed by atoms with Crippen molar-refractivity contribution in [1.82, 2.24) is 0 Å². The Balaban J connectivity index is 2.20. The van der Waals surface area contributed by atoms with Crippen LogP contribution in [-0.4, -0.2) is 55.2 Å². The van der Waals surface area contributed by atoms with Crippen LogP contribution in [0.3, 0.4) is 0 Å². The number of rotatable bonds is 12. The molecule has 1 rings (SSSR count). The van der Waals surface area contributed by atoms with Crippen molar-refractivity contribution in [3.05, 3.63) is 29.8 Å². The molecule has 22 heavy (non-hydrogen) atoms. The van der Waals surface area contributed by atoms with Crippen LogP contribution in [0, 0.1) is 0 Å². The molecular weight excluding hydrogens is 308 g/mol. The van der Waals surface area contributed by atoms with Gasteiger partial charge in [-0.1, -0.05) is 19.1 Å². The second-order valence-electron chi connectivity index (χ2n) is 4.49. The van der Waals surface area contributed by atoms with Crippen LogP contribution < -0.4 is 0 Å². The minimum Gasteiger partial charge on any atom is -0.382 e. The number of aryl methyl sites for hydroxylation is 1. The molecule has 0 atom stereocenters. The quantitative estimate of drug-likeness (QED) is 0.428. The second-order valence-corrected chi connectivity index (χ2v) is 6.11. The Morgan fingerprint density at radius 1 is 0.864 bits per heavy atom. The van der Waals surface area contributed by atoms with E-state index >= 15 is 0 Å². The molecule has 7 heteroatoms. The zero-order valence-corrected chi connectivity index (χ0v) is 13.9. The van der Waals surface area contributed by atoms with E-state index in [4.69, 9.17) is 18.4 Å². The molecule has 0 aromatic heterocycles. The normalized spacial score (nSPS) is 11.7. The Hall–Kier alpha value is -0.990. The van der Waals surface area contributed by atoms with Gasteiger partial charge in [-0.25, -0.2) is 0 Å². The molecule has 0 saturated heterocycles. The van der Waals surface area contributed by atoms with Gasteiger partial charge in [0, 0.05) is 7.11 Å². The van der Waals surface area contributed by atoms with Gasteiger partial charge in [0.1, 0.15) is 0 Å². The first-order chi connectivity index (χ1) is 10.6. The van der Waals surface area contributed by atoms with E-state index in [1.165, 1.54) is 0 Å². The summed E-state index contributed by atoms with van der Waals surface area (Å²) in [4.78, 5) is 0.160. The maximum Gasteiger partial charge on any atom is 0.297 e. The Kier molecular flexibility index (Phi) is 9.26. The van der Waals surface area contributed by atoms with E-state index in [0.717, 1.165) is 12.0 Å². The summed E-state index contributed by atoms with van der Waals surface area (Å²) >= 11 is 0. The highest BCUT2D eigenvalue weighted by atomic mass is 32.2. The fourth-order valence-electron chi connectivity index (χ4n) is 1.63. The van der Waals surface area contributed by atoms with Crippen LogP contribution >= 0.6 is 0 Å². The molecule has 0 aliphatic heterocycles. The highest BCUT2D eigenvalue weighted by molar-refractivity contribution is 7.86. The Bertz CT molecular complexity index is 497. The zero-order valence-electron chi connectivity index (χ0n) is 13.1. The molecule has 0 saturated carbocycles. The molecule has 0 bridgehead atoms. The molecule has 1 aromatic rings. The molecule has 0 N–H and O–H groups in total. The van der Waals surface area contributed by atoms with Crippen LogP contribution in [0.15, 0.2) is 29.2 Å². The van der Waals surface area contributed by atoms with Gasteiger partial charge >= 0.3 is 0 Å². The van der Waals surface area contributed by atoms with Crippen molar-refractivity contribution in [2.45, 2.75) is 18.2 Å². The lowest BCUT2D eigenvalue weighted by Crippen LogP contribution is -2.14. The van der Waals surface area contributed by atoms with Crippen molar-refractivity contribution in [2.75, 3.05) is 46.8 Å². The first kappa shape index (κ1) is 19.1. The van der Waals surface area contributed by atoms with Gasteiger partial charge in [-0.3, -0.25) is 4.18 Å². The third kappa shape index (κ3) is 7.33. The van der Waals surface area contributed by atoms with Gasteiger partial charge in [-0.15, -0.1) is 0 Å². The Morgan fingerprint density at radius 3 is 1.95 bits per heavy atom. The number of benzene rings is 1. The molecule has 0 unspecified atom stereocenters. The van der Waals surface area contributed by atoms with Crippen molar-refractivity contribution in [2.24, 2.45) is 0 Å². The molecule has 1 aromatic carbocycles. The van der Waals surface area contributed by atoms with E-state index in [-0.39, 0.29) is 18.1 Å². The van der Waals surface area contributed by atoms with Gasteiger partial charge in [0.25, 0.3) is 10.1 Å². The van der Waals surface area contributed by atoms with Crippen LogP contribution in [0.1, 0.15) is 12.5 Å². The number of hydrogen-bond acceptors (Lipinski definition) is 6. The second kappa shape index (κ2) is 10.7. The van der Waals surface area contributed by atoms with E-state index < -0.39 is 10.1 Å². The standard InChI is InChI=1S/C15H24O6S/c1-3-14-4-6-15(7-5-14)22(16,17)21-13-12-20-11-10-19-9-8-18-2/h4-7H,3,8-13H2,1-2H3. The third-order valence-corrected chi connectivity index (χ3v) is 4.22. The van der Waals surface area contributed by atoms with Gasteiger partial charge < -0.3 is 14.2 Å². The summed E-state index contributed by atoms with van der Waals surface area (Å²) in [6.45, 7) is 4.07. The van der Waals surface area contributed by atoms with Crippen molar-refractivity contribution in [3.8, 4) is 0 Å². The van der Waals surface area contributed by atoms with Gasteiger partial charge in [0.15, 0.2) is 0 Å². The Labute approximate surface area is 132 Å². The smallest absolute Gasteiger partial charge is 0.297 e. The van der Waals surface area contributed by atoms with Crippen LogP contribution in [-0.2, 0) is 34.9 Å². The number of hydrogen-bond donors (Lipinski definition) is 0. The fourth-order valence-corrected chi connectivity index (χ4v) is 2.52. The van der Waals surface area contributed by atoms with E-state index in [1.807, 2.05) is 6.92 Å². The number of methoxy groups -OCH3 is 1. The van der Waals surface area contributed by atoms with E-state index in [1.54, 1.807) is 31.4 Å². The van der Waals surface area contributed by atoms with Gasteiger partial charge in [0.05, 0.1) is 44.5 Å². The SMILES string of the molecule is CCc1ccc(S(=O)(=O)OCCOCCOCCOC)cc1. The lowest BCUT2D eigenvalue weighted by Gasteiger charge is -2.07. The summed E-state index contributed by atoms with van der Waals surface area (Å²) in [6.07, 6.45) is 0.863. The summed E-state index contributed by atoms with van der Waals surface area (Å²) in [7, 11) is -2.11. The predicted octanol–water partition coefficient (Wildman–Crippen LogP) is 1.63. The van der Waals surface area contributed by atoms with Crippen LogP contribution in [0.2, 0.25) is 0 Å². The minimum atomic E-state index is -3.72. The third-order valence-electron chi connectivity index (χ3n) is 2.89. The molecule has 0 fully saturated rings. The summed E-state index contributed by atoms with van der Waals surface area (Å²) in [5.74, 6) is 0. The maximum atomic E-state index is 11.9. The Morgan fingerprint density at radius 2 is 1.41 bits per heavy atom. The van der Waals surface area contributed by atoms with Gasteiger partial charge in [-0.05, 0) is 24.1 Å². The summed E-state index contributed by atoms with van der Waals surface area (Å²) in [5, 5.41) is 0. The average Bonchev–Trinajstić information content (AvgIpc) is 2.53. The minimum absolute atomic E-state index is 0.0179. The lowest BCUT2D eigenvalue weighted by molar-refractivity contribution is 0.0184. The molecule has 6 nitrogen and oxygen atoms in total. The summed E-state index contributed by atoms with van der Waals surface area (Å²) < 4.78 is 44.0. The summed E-state index contributed by atoms with van der Waals surface area (Å²) in [6, 6.07) is 6.67. The number of ether oxygens (including phenoxy) is 3. The van der Waals surface area contributed by atoms with Crippen molar-refractivity contribution in [1.29, 1.82) is 0 Å². The molecule has 0 heterocycles. The molecule has 0 amide bonds. The summed E-state index contributed by atoms with van der Waals surface area (Å²) in [5.41, 5.74) is 1.08. The first-order valence-corrected chi connectivity index (χ1v) is 8.63. The lowest BCUT2D eigenvalue weighted by atomic mass is 10.2.